The number of ether oxygens (including phenoxy) is 2. The Morgan fingerprint density at radius 3 is 2.67 bits per heavy atom. The van der Waals surface area contributed by atoms with E-state index in [1.807, 2.05) is 6.07 Å². The quantitative estimate of drug-likeness (QED) is 0.585. The molecule has 1 aromatic carbocycles. The number of hydrogen-bond acceptors (Lipinski definition) is 7. The molecule has 0 saturated carbocycles. The number of hydrogen-bond donors (Lipinski definition) is 3. The number of nitrogens with two attached hydrogens (primary N) is 1. The summed E-state index contributed by atoms with van der Waals surface area (Å²) >= 11 is 0. The molecule has 4 rings (SSSR count). The van der Waals surface area contributed by atoms with Gasteiger partial charge in [-0.1, -0.05) is 12.1 Å². The minimum Gasteiger partial charge on any atom is -0.496 e. The number of aromatic nitrogens is 2. The van der Waals surface area contributed by atoms with Gasteiger partial charge in [0.05, 0.1) is 31.0 Å². The smallest absolute Gasteiger partial charge is 0.328 e. The summed E-state index contributed by atoms with van der Waals surface area (Å²) in [5, 5.41) is 11.3. The Balaban J connectivity index is 1.42. The summed E-state index contributed by atoms with van der Waals surface area (Å²) in [5.41, 5.74) is 5.52. The van der Waals surface area contributed by atoms with E-state index in [9.17, 15) is 14.7 Å². The van der Waals surface area contributed by atoms with E-state index in [0.29, 0.717) is 13.0 Å². The highest BCUT2D eigenvalue weighted by Crippen LogP contribution is 2.43. The van der Waals surface area contributed by atoms with E-state index in [1.54, 1.807) is 14.0 Å². The molecule has 33 heavy (non-hydrogen) atoms. The van der Waals surface area contributed by atoms with Crippen LogP contribution in [0.25, 0.3) is 0 Å². The maximum atomic E-state index is 12.2. The zero-order chi connectivity index (χ0) is 23.6. The minimum absolute atomic E-state index is 0.216. The third-order valence-corrected chi connectivity index (χ3v) is 7.07. The van der Waals surface area contributed by atoms with Crippen LogP contribution in [-0.4, -0.2) is 64.1 Å². The summed E-state index contributed by atoms with van der Waals surface area (Å²) in [7, 11) is 1.69. The summed E-state index contributed by atoms with van der Waals surface area (Å²) in [6.07, 6.45) is 4.28. The lowest BCUT2D eigenvalue weighted by molar-refractivity contribution is -0.197. The van der Waals surface area contributed by atoms with Crippen LogP contribution in [0.5, 0.6) is 5.75 Å². The highest BCUT2D eigenvalue weighted by molar-refractivity contribution is 5.37. The van der Waals surface area contributed by atoms with Gasteiger partial charge in [-0.15, -0.1) is 0 Å². The Labute approximate surface area is 193 Å². The largest absolute Gasteiger partial charge is 0.496 e. The molecule has 4 N–H and O–H groups in total. The molecule has 3 heterocycles. The first kappa shape index (κ1) is 23.7. The molecule has 1 aromatic heterocycles. The molecule has 0 unspecified atom stereocenters. The predicted molar refractivity (Wildman–Crippen MR) is 125 cm³/mol. The Morgan fingerprint density at radius 2 is 2.03 bits per heavy atom. The number of benzene rings is 1. The van der Waals surface area contributed by atoms with Crippen molar-refractivity contribution < 1.29 is 14.6 Å². The van der Waals surface area contributed by atoms with Crippen LogP contribution in [0, 0.1) is 0 Å². The van der Waals surface area contributed by atoms with Crippen LogP contribution in [0.15, 0.2) is 40.1 Å². The second kappa shape index (κ2) is 9.42. The van der Waals surface area contributed by atoms with Crippen LogP contribution in [0.1, 0.15) is 43.4 Å². The van der Waals surface area contributed by atoms with E-state index >= 15 is 0 Å². The van der Waals surface area contributed by atoms with Crippen molar-refractivity contribution in [2.24, 2.45) is 5.73 Å². The summed E-state index contributed by atoms with van der Waals surface area (Å²) in [5.74, 6) is 0.877. The van der Waals surface area contributed by atoms with Gasteiger partial charge in [0.2, 0.25) is 0 Å². The van der Waals surface area contributed by atoms with Crippen LogP contribution in [0.4, 0.5) is 0 Å². The second-order valence-electron chi connectivity index (χ2n) is 9.52. The lowest BCUT2D eigenvalue weighted by atomic mass is 9.75. The Morgan fingerprint density at radius 1 is 1.27 bits per heavy atom. The number of piperidine rings is 1. The average Bonchev–Trinajstić information content (AvgIpc) is 2.76. The molecule has 2 aliphatic rings. The summed E-state index contributed by atoms with van der Waals surface area (Å²) in [4.78, 5) is 28.3. The Hall–Kier alpha value is -2.46. The minimum atomic E-state index is -1.14. The number of rotatable bonds is 6. The standard InChI is InChI=1S/C24H34N4O5/c1-23(31)16-24(33-15-20(23)28-10-6-21(29)26-22(28)30)7-11-27(12-8-24)14-18-13-17(5-9-25)3-4-19(18)32-2/h3-4,6,10,13,20,31H,5,7-9,11-12,14-16,25H2,1-2H3,(H,26,29,30)/t20-,23-/m0/s1. The zero-order valence-electron chi connectivity index (χ0n) is 19.4. The highest BCUT2D eigenvalue weighted by Gasteiger charge is 2.50. The first-order valence-corrected chi connectivity index (χ1v) is 11.5. The predicted octanol–water partition coefficient (Wildman–Crippen LogP) is 0.794. The summed E-state index contributed by atoms with van der Waals surface area (Å²) < 4.78 is 13.2. The van der Waals surface area contributed by atoms with Crippen LogP contribution >= 0.6 is 0 Å². The van der Waals surface area contributed by atoms with Gasteiger partial charge in [0, 0.05) is 43.9 Å². The monoisotopic (exact) mass is 458 g/mol. The number of aromatic amines is 1. The first-order chi connectivity index (χ1) is 15.7. The van der Waals surface area contributed by atoms with Gasteiger partial charge in [-0.25, -0.2) is 4.79 Å². The van der Waals surface area contributed by atoms with E-state index in [0.717, 1.165) is 50.2 Å². The fourth-order valence-corrected chi connectivity index (χ4v) is 5.27. The van der Waals surface area contributed by atoms with Gasteiger partial charge < -0.3 is 20.3 Å². The van der Waals surface area contributed by atoms with Crippen LogP contribution < -0.4 is 21.7 Å². The molecule has 2 atom stereocenters. The molecule has 180 valence electrons. The molecule has 1 spiro atoms. The highest BCUT2D eigenvalue weighted by atomic mass is 16.5. The van der Waals surface area contributed by atoms with Crippen molar-refractivity contribution in [2.75, 3.05) is 33.4 Å². The third kappa shape index (κ3) is 5.06. The molecule has 2 aromatic rings. The van der Waals surface area contributed by atoms with Crippen molar-refractivity contribution in [1.29, 1.82) is 0 Å². The first-order valence-electron chi connectivity index (χ1n) is 11.5. The molecule has 2 fully saturated rings. The van der Waals surface area contributed by atoms with Crippen LogP contribution in [0.2, 0.25) is 0 Å². The van der Waals surface area contributed by atoms with Gasteiger partial charge in [-0.2, -0.15) is 0 Å². The average molecular weight is 459 g/mol. The topological polar surface area (TPSA) is 123 Å². The Bertz CT molecular complexity index is 1080. The van der Waals surface area contributed by atoms with E-state index < -0.39 is 28.5 Å². The molecule has 0 radical (unpaired) electrons. The zero-order valence-corrected chi connectivity index (χ0v) is 19.4. The maximum absolute atomic E-state index is 12.2. The number of H-pyrrole nitrogens is 1. The van der Waals surface area contributed by atoms with Gasteiger partial charge in [0.15, 0.2) is 0 Å². The number of methoxy groups -OCH3 is 1. The normalized spacial score (nSPS) is 25.3. The van der Waals surface area contributed by atoms with E-state index in [4.69, 9.17) is 15.2 Å². The number of nitrogens with one attached hydrogen (secondary N) is 1. The molecule has 0 aliphatic carbocycles. The van der Waals surface area contributed by atoms with Gasteiger partial charge in [0.1, 0.15) is 5.75 Å². The molecular weight excluding hydrogens is 424 g/mol. The van der Waals surface area contributed by atoms with Crippen molar-refractivity contribution >= 4 is 0 Å². The molecule has 9 heteroatoms. The van der Waals surface area contributed by atoms with Crippen LogP contribution in [-0.2, 0) is 17.7 Å². The molecular formula is C24H34N4O5. The van der Waals surface area contributed by atoms with Gasteiger partial charge in [0.25, 0.3) is 5.56 Å². The van der Waals surface area contributed by atoms with Crippen molar-refractivity contribution in [3.63, 3.8) is 0 Å². The molecule has 9 nitrogen and oxygen atoms in total. The fraction of sp³-hybridized carbons (Fsp3) is 0.583. The van der Waals surface area contributed by atoms with Crippen molar-refractivity contribution in [3.05, 3.63) is 62.4 Å². The molecule has 2 saturated heterocycles. The van der Waals surface area contributed by atoms with Crippen LogP contribution in [0.3, 0.4) is 0 Å². The van der Waals surface area contributed by atoms with E-state index in [1.165, 1.54) is 22.4 Å². The van der Waals surface area contributed by atoms with Gasteiger partial charge in [-0.05, 0) is 44.4 Å². The van der Waals surface area contributed by atoms with Crippen molar-refractivity contribution in [1.82, 2.24) is 14.5 Å². The summed E-state index contributed by atoms with van der Waals surface area (Å²) in [6.45, 7) is 5.03. The number of nitrogens with zero attached hydrogens (tertiary/aromatic N) is 2. The molecule has 2 aliphatic heterocycles. The van der Waals surface area contributed by atoms with E-state index in [2.05, 4.69) is 22.0 Å². The lowest BCUT2D eigenvalue weighted by Crippen LogP contribution is -2.58. The second-order valence-corrected chi connectivity index (χ2v) is 9.52. The van der Waals surface area contributed by atoms with E-state index in [-0.39, 0.29) is 6.61 Å². The Kier molecular flexibility index (Phi) is 6.76. The van der Waals surface area contributed by atoms with Crippen molar-refractivity contribution in [3.8, 4) is 5.75 Å². The molecule has 0 bridgehead atoms. The van der Waals surface area contributed by atoms with Gasteiger partial charge in [-0.3, -0.25) is 19.2 Å². The number of aliphatic hydroxyl groups is 1. The fourth-order valence-electron chi connectivity index (χ4n) is 5.27. The summed E-state index contributed by atoms with van der Waals surface area (Å²) in [6, 6.07) is 6.97. The number of likely N-dealkylation sites (tertiary alicyclic amines) is 1. The SMILES string of the molecule is COc1ccc(CCN)cc1CN1CCC2(CC1)C[C@](C)(O)[C@@H](n1ccc(=O)[nH]c1=O)CO2. The maximum Gasteiger partial charge on any atom is 0.328 e. The lowest BCUT2D eigenvalue weighted by Gasteiger charge is -2.51. The third-order valence-electron chi connectivity index (χ3n) is 7.07. The van der Waals surface area contributed by atoms with Crippen molar-refractivity contribution in [2.45, 2.75) is 56.4 Å². The van der Waals surface area contributed by atoms with Gasteiger partial charge >= 0.3 is 5.69 Å². The molecule has 0 amide bonds.